The van der Waals surface area contributed by atoms with Gasteiger partial charge in [0.15, 0.2) is 0 Å². The van der Waals surface area contributed by atoms with E-state index in [0.29, 0.717) is 0 Å². The lowest BCUT2D eigenvalue weighted by Crippen LogP contribution is -2.09. The molecule has 0 aliphatic rings. The maximum absolute atomic E-state index is 3.68. The van der Waals surface area contributed by atoms with Crippen LogP contribution >= 0.6 is 0 Å². The fraction of sp³-hybridized carbons (Fsp3) is 0.500. The third kappa shape index (κ3) is 2.36. The molecule has 0 unspecified atom stereocenters. The summed E-state index contributed by atoms with van der Waals surface area (Å²) in [5.41, 5.74) is 2.50. The van der Waals surface area contributed by atoms with Gasteiger partial charge in [-0.1, -0.05) is 12.7 Å². The Morgan fingerprint density at radius 2 is 1.78 bits per heavy atom. The summed E-state index contributed by atoms with van der Waals surface area (Å²) in [6.45, 7) is 7.82. The van der Waals surface area contributed by atoms with Gasteiger partial charge in [-0.05, 0) is 19.4 Å². The second-order valence-corrected chi connectivity index (χ2v) is 2.37. The highest BCUT2D eigenvalue weighted by Gasteiger charge is 1.92. The summed E-state index contributed by atoms with van der Waals surface area (Å²) >= 11 is 0. The first-order valence-corrected chi connectivity index (χ1v) is 3.06. The normalized spacial score (nSPS) is 12.4. The van der Waals surface area contributed by atoms with Crippen molar-refractivity contribution in [3.8, 4) is 0 Å². The van der Waals surface area contributed by atoms with Gasteiger partial charge >= 0.3 is 0 Å². The summed E-state index contributed by atoms with van der Waals surface area (Å²) in [6.07, 6.45) is 1.87. The molecule has 0 amide bonds. The van der Waals surface area contributed by atoms with Crippen molar-refractivity contribution in [1.82, 2.24) is 4.90 Å². The Balaban J connectivity index is 4.27. The largest absolute Gasteiger partial charge is 0.381 e. The molecule has 0 aromatic heterocycles. The zero-order valence-electron chi connectivity index (χ0n) is 6.73. The van der Waals surface area contributed by atoms with Crippen LogP contribution in [0.1, 0.15) is 13.8 Å². The van der Waals surface area contributed by atoms with Crippen LogP contribution in [-0.2, 0) is 0 Å². The van der Waals surface area contributed by atoms with Crippen molar-refractivity contribution < 1.29 is 0 Å². The van der Waals surface area contributed by atoms with Crippen molar-refractivity contribution in [2.75, 3.05) is 14.1 Å². The van der Waals surface area contributed by atoms with E-state index in [9.17, 15) is 0 Å². The van der Waals surface area contributed by atoms with E-state index < -0.39 is 0 Å². The van der Waals surface area contributed by atoms with Crippen molar-refractivity contribution in [2.45, 2.75) is 13.8 Å². The van der Waals surface area contributed by atoms with Crippen LogP contribution < -0.4 is 0 Å². The molecule has 0 spiro atoms. The average molecular weight is 125 g/mol. The predicted octanol–water partition coefficient (Wildman–Crippen LogP) is 2.03. The molecule has 0 N–H and O–H groups in total. The van der Waals surface area contributed by atoms with Gasteiger partial charge in [0.2, 0.25) is 0 Å². The molecular formula is C8H15N. The Hall–Kier alpha value is -0.720. The average Bonchev–Trinajstić information content (AvgIpc) is 1.84. The Bertz CT molecular complexity index is 132. The van der Waals surface area contributed by atoms with E-state index in [2.05, 4.69) is 25.3 Å². The molecule has 0 radical (unpaired) electrons. The molecule has 52 valence electrons. The fourth-order valence-electron chi connectivity index (χ4n) is 0.500. The molecule has 0 atom stereocenters. The number of hydrogen-bond donors (Lipinski definition) is 0. The van der Waals surface area contributed by atoms with Crippen LogP contribution in [0, 0.1) is 0 Å². The van der Waals surface area contributed by atoms with Gasteiger partial charge in [0.05, 0.1) is 0 Å². The van der Waals surface area contributed by atoms with Gasteiger partial charge < -0.3 is 4.90 Å². The van der Waals surface area contributed by atoms with Crippen molar-refractivity contribution in [1.29, 1.82) is 0 Å². The van der Waals surface area contributed by atoms with Gasteiger partial charge in [-0.3, -0.25) is 0 Å². The number of hydrogen-bond acceptors (Lipinski definition) is 1. The number of allylic oxidation sites excluding steroid dienone is 3. The third-order valence-electron chi connectivity index (χ3n) is 1.55. The minimum absolute atomic E-state index is 1.24. The summed E-state index contributed by atoms with van der Waals surface area (Å²) in [5.74, 6) is 0. The molecule has 0 fully saturated rings. The second kappa shape index (κ2) is 3.33. The van der Waals surface area contributed by atoms with Crippen LogP contribution in [0.5, 0.6) is 0 Å². The van der Waals surface area contributed by atoms with Crippen LogP contribution in [0.15, 0.2) is 23.9 Å². The fourth-order valence-corrected chi connectivity index (χ4v) is 0.500. The van der Waals surface area contributed by atoms with E-state index in [0.717, 1.165) is 0 Å². The van der Waals surface area contributed by atoms with Crippen molar-refractivity contribution in [3.63, 3.8) is 0 Å². The molecule has 0 aromatic rings. The maximum Gasteiger partial charge on any atom is 0.0125 e. The van der Waals surface area contributed by atoms with E-state index in [-0.39, 0.29) is 0 Å². The van der Waals surface area contributed by atoms with Crippen LogP contribution in [0.2, 0.25) is 0 Å². The topological polar surface area (TPSA) is 3.24 Å². The van der Waals surface area contributed by atoms with Crippen molar-refractivity contribution in [2.24, 2.45) is 0 Å². The van der Waals surface area contributed by atoms with E-state index in [1.807, 2.05) is 20.2 Å². The van der Waals surface area contributed by atoms with E-state index >= 15 is 0 Å². The highest BCUT2D eigenvalue weighted by molar-refractivity contribution is 5.18. The Morgan fingerprint density at radius 1 is 1.33 bits per heavy atom. The van der Waals surface area contributed by atoms with Gasteiger partial charge in [-0.25, -0.2) is 0 Å². The number of nitrogens with zero attached hydrogens (tertiary/aromatic N) is 1. The summed E-state index contributed by atoms with van der Waals surface area (Å²) < 4.78 is 0. The molecular weight excluding hydrogens is 110 g/mol. The van der Waals surface area contributed by atoms with Gasteiger partial charge in [0.25, 0.3) is 0 Å². The lowest BCUT2D eigenvalue weighted by molar-refractivity contribution is 0.509. The summed E-state index contributed by atoms with van der Waals surface area (Å²) in [6, 6.07) is 0. The molecule has 0 heterocycles. The van der Waals surface area contributed by atoms with Crippen LogP contribution in [0.3, 0.4) is 0 Å². The molecule has 0 aliphatic carbocycles. The first-order chi connectivity index (χ1) is 4.09. The Morgan fingerprint density at radius 3 is 1.89 bits per heavy atom. The van der Waals surface area contributed by atoms with Gasteiger partial charge in [-0.15, -0.1) is 0 Å². The number of rotatable bonds is 2. The molecule has 0 aliphatic heterocycles. The highest BCUT2D eigenvalue weighted by Crippen LogP contribution is 2.04. The summed E-state index contributed by atoms with van der Waals surface area (Å²) in [4.78, 5) is 2.08. The second-order valence-electron chi connectivity index (χ2n) is 2.37. The van der Waals surface area contributed by atoms with Gasteiger partial charge in [0.1, 0.15) is 0 Å². The Labute approximate surface area is 57.7 Å². The Kier molecular flexibility index (Phi) is 3.07. The van der Waals surface area contributed by atoms with Crippen LogP contribution in [-0.4, -0.2) is 19.0 Å². The highest BCUT2D eigenvalue weighted by atomic mass is 15.1. The van der Waals surface area contributed by atoms with Crippen LogP contribution in [0.4, 0.5) is 0 Å². The lowest BCUT2D eigenvalue weighted by Gasteiger charge is -2.14. The SMILES string of the molecule is C=C/C(C)=C(/C)N(C)C. The first-order valence-electron chi connectivity index (χ1n) is 3.06. The standard InChI is InChI=1S/C8H15N/c1-6-7(2)8(3)9(4)5/h6H,1H2,2-5H3/b8-7-. The first kappa shape index (κ1) is 8.28. The maximum atomic E-state index is 3.68. The summed E-state index contributed by atoms with van der Waals surface area (Å²) in [7, 11) is 4.06. The third-order valence-corrected chi connectivity index (χ3v) is 1.55. The van der Waals surface area contributed by atoms with Crippen LogP contribution in [0.25, 0.3) is 0 Å². The summed E-state index contributed by atoms with van der Waals surface area (Å²) in [5, 5.41) is 0. The molecule has 0 rings (SSSR count). The zero-order chi connectivity index (χ0) is 7.44. The van der Waals surface area contributed by atoms with E-state index in [1.165, 1.54) is 11.3 Å². The van der Waals surface area contributed by atoms with E-state index in [1.54, 1.807) is 0 Å². The molecule has 1 nitrogen and oxygen atoms in total. The molecule has 0 aromatic carbocycles. The van der Waals surface area contributed by atoms with Crippen molar-refractivity contribution >= 4 is 0 Å². The molecule has 0 saturated heterocycles. The quantitative estimate of drug-likeness (QED) is 0.510. The predicted molar refractivity (Wildman–Crippen MR) is 42.3 cm³/mol. The monoisotopic (exact) mass is 125 g/mol. The smallest absolute Gasteiger partial charge is 0.0125 e. The minimum atomic E-state index is 1.24. The molecule has 0 saturated carbocycles. The lowest BCUT2D eigenvalue weighted by atomic mass is 10.2. The molecule has 1 heteroatoms. The van der Waals surface area contributed by atoms with Gasteiger partial charge in [-0.2, -0.15) is 0 Å². The molecule has 0 bridgehead atoms. The van der Waals surface area contributed by atoms with Crippen molar-refractivity contribution in [3.05, 3.63) is 23.9 Å². The van der Waals surface area contributed by atoms with E-state index in [4.69, 9.17) is 0 Å². The van der Waals surface area contributed by atoms with Gasteiger partial charge in [0, 0.05) is 19.8 Å². The zero-order valence-corrected chi connectivity index (χ0v) is 6.73. The minimum Gasteiger partial charge on any atom is -0.381 e. The molecule has 9 heavy (non-hydrogen) atoms.